The number of aromatic nitrogens is 1. The number of hydrogen-bond acceptors (Lipinski definition) is 4. The van der Waals surface area contributed by atoms with Gasteiger partial charge in [0.1, 0.15) is 0 Å². The molecule has 0 bridgehead atoms. The monoisotopic (exact) mass is 317 g/mol. The first-order valence-electron chi connectivity index (χ1n) is 9.18. The van der Waals surface area contributed by atoms with E-state index >= 15 is 0 Å². The smallest absolute Gasteiger partial charge is 0.0678 e. The minimum Gasteiger partial charge on any atom is -0.373 e. The van der Waals surface area contributed by atoms with Crippen LogP contribution in [-0.2, 0) is 11.2 Å². The standard InChI is InChI=1S/C19H31N3O/c1-16-13-22(14-17(2)23-16)15-19-6-11-21(12-7-19)10-5-18-3-8-20-9-4-18/h3-4,8-9,16-17,19H,5-7,10-15H2,1-2H3/t16-,17-/m0/s1. The Morgan fingerprint density at radius 2 is 1.70 bits per heavy atom. The molecular weight excluding hydrogens is 286 g/mol. The van der Waals surface area contributed by atoms with Crippen LogP contribution in [-0.4, -0.2) is 66.3 Å². The third kappa shape index (κ3) is 5.27. The van der Waals surface area contributed by atoms with E-state index < -0.39 is 0 Å². The molecule has 0 aromatic carbocycles. The van der Waals surface area contributed by atoms with Crippen molar-refractivity contribution in [2.24, 2.45) is 5.92 Å². The van der Waals surface area contributed by atoms with E-state index in [0.29, 0.717) is 12.2 Å². The van der Waals surface area contributed by atoms with Crippen LogP contribution in [0.4, 0.5) is 0 Å². The van der Waals surface area contributed by atoms with E-state index in [1.807, 2.05) is 12.4 Å². The van der Waals surface area contributed by atoms with E-state index in [2.05, 4.69) is 40.8 Å². The van der Waals surface area contributed by atoms with Crippen molar-refractivity contribution in [3.8, 4) is 0 Å². The molecule has 4 heteroatoms. The second kappa shape index (κ2) is 8.22. The van der Waals surface area contributed by atoms with Crippen LogP contribution >= 0.6 is 0 Å². The third-order valence-electron chi connectivity index (χ3n) is 5.18. The first-order chi connectivity index (χ1) is 11.2. The Morgan fingerprint density at radius 1 is 1.04 bits per heavy atom. The Labute approximate surface area is 140 Å². The van der Waals surface area contributed by atoms with Gasteiger partial charge in [0.25, 0.3) is 0 Å². The molecule has 2 atom stereocenters. The van der Waals surface area contributed by atoms with Gasteiger partial charge in [0.05, 0.1) is 12.2 Å². The van der Waals surface area contributed by atoms with Crippen molar-refractivity contribution in [1.29, 1.82) is 0 Å². The summed E-state index contributed by atoms with van der Waals surface area (Å²) in [4.78, 5) is 9.34. The summed E-state index contributed by atoms with van der Waals surface area (Å²) in [6, 6.07) is 4.26. The quantitative estimate of drug-likeness (QED) is 0.834. The van der Waals surface area contributed by atoms with Gasteiger partial charge in [-0.3, -0.25) is 9.88 Å². The van der Waals surface area contributed by atoms with E-state index in [4.69, 9.17) is 4.74 Å². The number of rotatable bonds is 5. The Bertz CT molecular complexity index is 449. The summed E-state index contributed by atoms with van der Waals surface area (Å²) in [7, 11) is 0. The molecule has 2 aliphatic heterocycles. The maximum absolute atomic E-state index is 5.84. The Balaban J connectivity index is 1.37. The van der Waals surface area contributed by atoms with Crippen molar-refractivity contribution in [3.63, 3.8) is 0 Å². The molecule has 2 saturated heterocycles. The average Bonchev–Trinajstić information content (AvgIpc) is 2.54. The fourth-order valence-electron chi connectivity index (χ4n) is 4.03. The number of hydrogen-bond donors (Lipinski definition) is 0. The number of ether oxygens (including phenoxy) is 1. The molecule has 128 valence electrons. The molecule has 2 fully saturated rings. The van der Waals surface area contributed by atoms with E-state index in [-0.39, 0.29) is 0 Å². The lowest BCUT2D eigenvalue weighted by atomic mass is 9.95. The predicted octanol–water partition coefficient (Wildman–Crippen LogP) is 2.45. The van der Waals surface area contributed by atoms with Crippen molar-refractivity contribution in [1.82, 2.24) is 14.8 Å². The molecule has 1 aromatic rings. The van der Waals surface area contributed by atoms with Gasteiger partial charge >= 0.3 is 0 Å². The Hall–Kier alpha value is -0.970. The molecular formula is C19H31N3O. The summed E-state index contributed by atoms with van der Waals surface area (Å²) in [6.45, 7) is 11.6. The molecule has 0 amide bonds. The number of pyridine rings is 1. The largest absolute Gasteiger partial charge is 0.373 e. The molecule has 23 heavy (non-hydrogen) atoms. The lowest BCUT2D eigenvalue weighted by Crippen LogP contribution is -2.48. The van der Waals surface area contributed by atoms with E-state index in [1.165, 1.54) is 44.6 Å². The number of piperidine rings is 1. The molecule has 0 saturated carbocycles. The molecule has 0 unspecified atom stereocenters. The van der Waals surface area contributed by atoms with Gasteiger partial charge in [-0.1, -0.05) is 0 Å². The van der Waals surface area contributed by atoms with Gasteiger partial charge in [0.2, 0.25) is 0 Å². The minimum atomic E-state index is 0.388. The van der Waals surface area contributed by atoms with Crippen LogP contribution in [0, 0.1) is 5.92 Å². The molecule has 1 aromatic heterocycles. The van der Waals surface area contributed by atoms with Crippen LogP contribution in [0.2, 0.25) is 0 Å². The SMILES string of the molecule is C[C@H]1CN(CC2CCN(CCc3ccncc3)CC2)C[C@H](C)O1. The van der Waals surface area contributed by atoms with Crippen LogP contribution in [0.25, 0.3) is 0 Å². The van der Waals surface area contributed by atoms with Gasteiger partial charge < -0.3 is 9.64 Å². The van der Waals surface area contributed by atoms with Crippen molar-refractivity contribution >= 4 is 0 Å². The predicted molar refractivity (Wildman–Crippen MR) is 93.6 cm³/mol. The van der Waals surface area contributed by atoms with Crippen molar-refractivity contribution in [2.45, 2.75) is 45.3 Å². The van der Waals surface area contributed by atoms with Crippen molar-refractivity contribution in [2.75, 3.05) is 39.3 Å². The summed E-state index contributed by atoms with van der Waals surface area (Å²) >= 11 is 0. The third-order valence-corrected chi connectivity index (χ3v) is 5.18. The molecule has 2 aliphatic rings. The summed E-state index contributed by atoms with van der Waals surface area (Å²) < 4.78 is 5.84. The zero-order valence-corrected chi connectivity index (χ0v) is 14.7. The Kier molecular flexibility index (Phi) is 6.03. The van der Waals surface area contributed by atoms with Gasteiger partial charge in [-0.15, -0.1) is 0 Å². The highest BCUT2D eigenvalue weighted by molar-refractivity contribution is 5.09. The van der Waals surface area contributed by atoms with E-state index in [1.54, 1.807) is 0 Å². The van der Waals surface area contributed by atoms with Crippen molar-refractivity contribution in [3.05, 3.63) is 30.1 Å². The molecule has 3 rings (SSSR count). The maximum atomic E-state index is 5.84. The van der Waals surface area contributed by atoms with Gasteiger partial charge in [-0.25, -0.2) is 0 Å². The molecule has 0 aliphatic carbocycles. The van der Waals surface area contributed by atoms with Crippen LogP contribution in [0.3, 0.4) is 0 Å². The summed E-state index contributed by atoms with van der Waals surface area (Å²) in [5.74, 6) is 0.865. The fourth-order valence-corrected chi connectivity index (χ4v) is 4.03. The highest BCUT2D eigenvalue weighted by Gasteiger charge is 2.26. The Morgan fingerprint density at radius 3 is 2.35 bits per heavy atom. The molecule has 3 heterocycles. The van der Waals surface area contributed by atoms with Crippen LogP contribution in [0.1, 0.15) is 32.3 Å². The molecule has 4 nitrogen and oxygen atoms in total. The minimum absolute atomic E-state index is 0.388. The molecule has 0 N–H and O–H groups in total. The van der Waals surface area contributed by atoms with Gasteiger partial charge in [-0.2, -0.15) is 0 Å². The summed E-state index contributed by atoms with van der Waals surface area (Å²) in [5, 5.41) is 0. The zero-order valence-electron chi connectivity index (χ0n) is 14.7. The normalized spacial score (nSPS) is 28.1. The fraction of sp³-hybridized carbons (Fsp3) is 0.737. The highest BCUT2D eigenvalue weighted by atomic mass is 16.5. The lowest BCUT2D eigenvalue weighted by molar-refractivity contribution is -0.0731. The lowest BCUT2D eigenvalue weighted by Gasteiger charge is -2.39. The average molecular weight is 317 g/mol. The van der Waals surface area contributed by atoms with E-state index in [0.717, 1.165) is 25.4 Å². The van der Waals surface area contributed by atoms with Gasteiger partial charge in [0.15, 0.2) is 0 Å². The zero-order chi connectivity index (χ0) is 16.1. The van der Waals surface area contributed by atoms with Crippen LogP contribution < -0.4 is 0 Å². The number of nitrogens with zero attached hydrogens (tertiary/aromatic N) is 3. The van der Waals surface area contributed by atoms with Gasteiger partial charge in [-0.05, 0) is 69.8 Å². The highest BCUT2D eigenvalue weighted by Crippen LogP contribution is 2.21. The van der Waals surface area contributed by atoms with Crippen molar-refractivity contribution < 1.29 is 4.74 Å². The van der Waals surface area contributed by atoms with Crippen LogP contribution in [0.15, 0.2) is 24.5 Å². The molecule has 0 radical (unpaired) electrons. The first kappa shape index (κ1) is 16.9. The summed E-state index contributed by atoms with van der Waals surface area (Å²) in [5.41, 5.74) is 1.40. The number of likely N-dealkylation sites (tertiary alicyclic amines) is 1. The summed E-state index contributed by atoms with van der Waals surface area (Å²) in [6.07, 6.45) is 8.40. The van der Waals surface area contributed by atoms with E-state index in [9.17, 15) is 0 Å². The molecule has 0 spiro atoms. The van der Waals surface area contributed by atoms with Crippen LogP contribution in [0.5, 0.6) is 0 Å². The topological polar surface area (TPSA) is 28.6 Å². The second-order valence-electron chi connectivity index (χ2n) is 7.37. The maximum Gasteiger partial charge on any atom is 0.0678 e. The first-order valence-corrected chi connectivity index (χ1v) is 9.18. The number of morpholine rings is 1. The van der Waals surface area contributed by atoms with Gasteiger partial charge in [0, 0.05) is 38.6 Å². The second-order valence-corrected chi connectivity index (χ2v) is 7.37.